The second-order valence-electron chi connectivity index (χ2n) is 5.43. The molecule has 2 fully saturated rings. The van der Waals surface area contributed by atoms with Crippen LogP contribution in [0.1, 0.15) is 33.1 Å². The van der Waals surface area contributed by atoms with Crippen molar-refractivity contribution in [3.8, 4) is 0 Å². The Labute approximate surface area is 81.5 Å². The number of likely N-dealkylation sites (tertiary alicyclic amines) is 1. The number of hydrogen-bond donors (Lipinski definition) is 1. The molecule has 1 aliphatic carbocycles. The third-order valence-corrected chi connectivity index (χ3v) is 3.85. The molecule has 1 saturated heterocycles. The first-order chi connectivity index (χ1) is 6.11. The number of nitrogens with two attached hydrogens (primary N) is 1. The van der Waals surface area contributed by atoms with Crippen molar-refractivity contribution in [3.05, 3.63) is 0 Å². The molecule has 0 unspecified atom stereocenters. The fourth-order valence-electron chi connectivity index (χ4n) is 2.69. The molecular formula is C11H22N2. The third-order valence-electron chi connectivity index (χ3n) is 3.85. The Kier molecular flexibility index (Phi) is 2.37. The minimum atomic E-state index is 0.517. The van der Waals surface area contributed by atoms with Crippen LogP contribution >= 0.6 is 0 Å². The first-order valence-corrected chi connectivity index (χ1v) is 5.59. The van der Waals surface area contributed by atoms with Gasteiger partial charge in [-0.05, 0) is 30.6 Å². The lowest BCUT2D eigenvalue weighted by molar-refractivity contribution is -0.0102. The summed E-state index contributed by atoms with van der Waals surface area (Å²) in [5, 5.41) is 0. The Morgan fingerprint density at radius 3 is 2.46 bits per heavy atom. The zero-order chi connectivity index (χ0) is 9.47. The van der Waals surface area contributed by atoms with E-state index in [9.17, 15) is 0 Å². The second-order valence-corrected chi connectivity index (χ2v) is 5.43. The van der Waals surface area contributed by atoms with Gasteiger partial charge in [0.25, 0.3) is 0 Å². The predicted molar refractivity (Wildman–Crippen MR) is 55.5 cm³/mol. The molecule has 0 aromatic rings. The van der Waals surface area contributed by atoms with Crippen LogP contribution in [0.3, 0.4) is 0 Å². The van der Waals surface area contributed by atoms with Gasteiger partial charge in [0.1, 0.15) is 0 Å². The second kappa shape index (κ2) is 3.25. The van der Waals surface area contributed by atoms with Crippen LogP contribution in [-0.4, -0.2) is 30.6 Å². The summed E-state index contributed by atoms with van der Waals surface area (Å²) in [6.45, 7) is 8.64. The Morgan fingerprint density at radius 2 is 2.00 bits per heavy atom. The summed E-state index contributed by atoms with van der Waals surface area (Å²) in [6.07, 6.45) is 3.85. The average Bonchev–Trinajstić information content (AvgIpc) is 1.98. The van der Waals surface area contributed by atoms with Crippen LogP contribution in [0.5, 0.6) is 0 Å². The molecule has 1 heterocycles. The number of hydrogen-bond acceptors (Lipinski definition) is 2. The highest BCUT2D eigenvalue weighted by Crippen LogP contribution is 2.36. The van der Waals surface area contributed by atoms with Crippen LogP contribution in [-0.2, 0) is 0 Å². The molecule has 2 N–H and O–H groups in total. The van der Waals surface area contributed by atoms with E-state index in [0.29, 0.717) is 11.5 Å². The van der Waals surface area contributed by atoms with Gasteiger partial charge in [-0.1, -0.05) is 13.8 Å². The van der Waals surface area contributed by atoms with Gasteiger partial charge in [-0.3, -0.25) is 0 Å². The molecule has 76 valence electrons. The van der Waals surface area contributed by atoms with Gasteiger partial charge in [-0.15, -0.1) is 0 Å². The third kappa shape index (κ3) is 1.89. The van der Waals surface area contributed by atoms with E-state index in [-0.39, 0.29) is 0 Å². The van der Waals surface area contributed by atoms with E-state index in [2.05, 4.69) is 18.7 Å². The van der Waals surface area contributed by atoms with Gasteiger partial charge in [-0.25, -0.2) is 0 Å². The fourth-order valence-corrected chi connectivity index (χ4v) is 2.69. The van der Waals surface area contributed by atoms with Gasteiger partial charge in [0, 0.05) is 25.7 Å². The van der Waals surface area contributed by atoms with Crippen molar-refractivity contribution < 1.29 is 0 Å². The van der Waals surface area contributed by atoms with Crippen molar-refractivity contribution in [1.82, 2.24) is 4.90 Å². The van der Waals surface area contributed by atoms with Gasteiger partial charge in [0.2, 0.25) is 0 Å². The largest absolute Gasteiger partial charge is 0.328 e. The normalized spacial score (nSPS) is 38.1. The van der Waals surface area contributed by atoms with Gasteiger partial charge < -0.3 is 10.6 Å². The minimum absolute atomic E-state index is 0.517. The van der Waals surface area contributed by atoms with Gasteiger partial charge in [0.15, 0.2) is 0 Å². The average molecular weight is 182 g/mol. The number of rotatable bonds is 3. The first-order valence-electron chi connectivity index (χ1n) is 5.59. The monoisotopic (exact) mass is 182 g/mol. The van der Waals surface area contributed by atoms with E-state index in [1.807, 2.05) is 0 Å². The molecule has 0 radical (unpaired) electrons. The van der Waals surface area contributed by atoms with Crippen molar-refractivity contribution >= 4 is 0 Å². The molecule has 2 rings (SSSR count). The van der Waals surface area contributed by atoms with Crippen molar-refractivity contribution in [2.24, 2.45) is 17.1 Å². The van der Waals surface area contributed by atoms with E-state index >= 15 is 0 Å². The predicted octanol–water partition coefficient (Wildman–Crippen LogP) is 1.46. The standard InChI is InChI=1S/C11H22N2/c1-3-11(2)7-13(8-11)6-9-4-10(12)5-9/h9-10H,3-8,12H2,1-2H3. The molecule has 0 atom stereocenters. The molecule has 0 spiro atoms. The molecule has 0 bridgehead atoms. The molecule has 2 aliphatic rings. The molecular weight excluding hydrogens is 160 g/mol. The van der Waals surface area contributed by atoms with Gasteiger partial charge in [0.05, 0.1) is 0 Å². The zero-order valence-corrected chi connectivity index (χ0v) is 8.92. The summed E-state index contributed by atoms with van der Waals surface area (Å²) >= 11 is 0. The molecule has 1 aliphatic heterocycles. The summed E-state index contributed by atoms with van der Waals surface area (Å²) in [7, 11) is 0. The lowest BCUT2D eigenvalue weighted by atomic mass is 9.76. The Hall–Kier alpha value is -0.0800. The van der Waals surface area contributed by atoms with Crippen LogP contribution in [0.15, 0.2) is 0 Å². The van der Waals surface area contributed by atoms with Crippen molar-refractivity contribution in [2.45, 2.75) is 39.2 Å². The maximum absolute atomic E-state index is 5.77. The highest BCUT2D eigenvalue weighted by molar-refractivity contribution is 4.93. The van der Waals surface area contributed by atoms with Crippen LogP contribution in [0.2, 0.25) is 0 Å². The Bertz CT molecular complexity index is 179. The Balaban J connectivity index is 1.64. The lowest BCUT2D eigenvalue weighted by Crippen LogP contribution is -2.57. The van der Waals surface area contributed by atoms with Crippen LogP contribution < -0.4 is 5.73 Å². The first kappa shape index (κ1) is 9.47. The van der Waals surface area contributed by atoms with E-state index in [0.717, 1.165) is 5.92 Å². The molecule has 1 saturated carbocycles. The zero-order valence-electron chi connectivity index (χ0n) is 8.92. The van der Waals surface area contributed by atoms with Crippen LogP contribution in [0.4, 0.5) is 0 Å². The van der Waals surface area contributed by atoms with E-state index in [1.54, 1.807) is 0 Å². The van der Waals surface area contributed by atoms with E-state index < -0.39 is 0 Å². The quantitative estimate of drug-likeness (QED) is 0.716. The molecule has 2 nitrogen and oxygen atoms in total. The summed E-state index contributed by atoms with van der Waals surface area (Å²) < 4.78 is 0. The maximum atomic E-state index is 5.77. The smallest absolute Gasteiger partial charge is 0.00478 e. The van der Waals surface area contributed by atoms with E-state index in [4.69, 9.17) is 5.73 Å². The minimum Gasteiger partial charge on any atom is -0.328 e. The van der Waals surface area contributed by atoms with Gasteiger partial charge >= 0.3 is 0 Å². The Morgan fingerprint density at radius 1 is 1.38 bits per heavy atom. The summed E-state index contributed by atoms with van der Waals surface area (Å²) in [5.41, 5.74) is 6.40. The highest BCUT2D eigenvalue weighted by Gasteiger charge is 2.39. The SMILES string of the molecule is CCC1(C)CN(CC2CC(N)C2)C1. The topological polar surface area (TPSA) is 29.3 Å². The summed E-state index contributed by atoms with van der Waals surface area (Å²) in [5.74, 6) is 0.913. The van der Waals surface area contributed by atoms with E-state index in [1.165, 1.54) is 38.9 Å². The van der Waals surface area contributed by atoms with Crippen LogP contribution in [0, 0.1) is 11.3 Å². The molecule has 13 heavy (non-hydrogen) atoms. The molecule has 0 aromatic heterocycles. The summed E-state index contributed by atoms with van der Waals surface area (Å²) in [6, 6.07) is 0.517. The van der Waals surface area contributed by atoms with Crippen molar-refractivity contribution in [3.63, 3.8) is 0 Å². The van der Waals surface area contributed by atoms with Crippen LogP contribution in [0.25, 0.3) is 0 Å². The maximum Gasteiger partial charge on any atom is 0.00478 e. The van der Waals surface area contributed by atoms with Gasteiger partial charge in [-0.2, -0.15) is 0 Å². The summed E-state index contributed by atoms with van der Waals surface area (Å²) in [4.78, 5) is 2.60. The molecule has 2 heteroatoms. The molecule has 0 aromatic carbocycles. The highest BCUT2D eigenvalue weighted by atomic mass is 15.2. The molecule has 0 amide bonds. The fraction of sp³-hybridized carbons (Fsp3) is 1.00. The van der Waals surface area contributed by atoms with Crippen molar-refractivity contribution in [1.29, 1.82) is 0 Å². The lowest BCUT2D eigenvalue weighted by Gasteiger charge is -2.50. The number of nitrogens with zero attached hydrogens (tertiary/aromatic N) is 1. The van der Waals surface area contributed by atoms with Crippen molar-refractivity contribution in [2.75, 3.05) is 19.6 Å².